The van der Waals surface area contributed by atoms with E-state index < -0.39 is 0 Å². The number of nitrogens with two attached hydrogens (primary N) is 1. The summed E-state index contributed by atoms with van der Waals surface area (Å²) in [5, 5.41) is 3.83. The number of nitrogens with zero attached hydrogens (tertiary/aromatic N) is 2. The third kappa shape index (κ3) is 0.868. The molecule has 0 spiro atoms. The molecular formula is C6H7N3. The van der Waals surface area contributed by atoms with Gasteiger partial charge in [0.15, 0.2) is 5.82 Å². The Labute approximate surface area is 53.5 Å². The number of rotatable bonds is 0. The van der Waals surface area contributed by atoms with Crippen molar-refractivity contribution in [2.24, 2.45) is 7.05 Å². The second-order valence-electron chi connectivity index (χ2n) is 1.75. The Hall–Kier alpha value is -1.43. The molecule has 3 nitrogen and oxygen atoms in total. The number of hydrogen-bond donors (Lipinski definition) is 1. The lowest BCUT2D eigenvalue weighted by Gasteiger charge is -1.80. The van der Waals surface area contributed by atoms with Gasteiger partial charge in [-0.1, -0.05) is 5.92 Å². The average molecular weight is 121 g/mol. The summed E-state index contributed by atoms with van der Waals surface area (Å²) in [6.07, 6.45) is 6.78. The first-order valence-electron chi connectivity index (χ1n) is 2.50. The van der Waals surface area contributed by atoms with E-state index in [4.69, 9.17) is 12.2 Å². The second kappa shape index (κ2) is 1.82. The van der Waals surface area contributed by atoms with Crippen molar-refractivity contribution in [3.8, 4) is 12.3 Å². The summed E-state index contributed by atoms with van der Waals surface area (Å²) in [7, 11) is 1.78. The molecule has 0 aliphatic rings. The molecule has 46 valence electrons. The van der Waals surface area contributed by atoms with E-state index in [1.54, 1.807) is 17.9 Å². The molecule has 0 radical (unpaired) electrons. The Morgan fingerprint density at radius 2 is 2.56 bits per heavy atom. The molecule has 0 amide bonds. The number of hydrogen-bond acceptors (Lipinski definition) is 2. The standard InChI is InChI=1S/C6H7N3/c1-3-5-4-9(2)8-6(5)7/h1,4H,2H3,(H2,7,8). The summed E-state index contributed by atoms with van der Waals surface area (Å²) < 4.78 is 1.59. The van der Waals surface area contributed by atoms with Crippen LogP contribution in [0.5, 0.6) is 0 Å². The van der Waals surface area contributed by atoms with Gasteiger partial charge in [-0.2, -0.15) is 5.10 Å². The monoisotopic (exact) mass is 121 g/mol. The van der Waals surface area contributed by atoms with Crippen LogP contribution < -0.4 is 5.73 Å². The number of nitrogen functional groups attached to an aromatic ring is 1. The van der Waals surface area contributed by atoms with Gasteiger partial charge in [0.1, 0.15) is 0 Å². The van der Waals surface area contributed by atoms with Crippen LogP contribution in [0.2, 0.25) is 0 Å². The highest BCUT2D eigenvalue weighted by Crippen LogP contribution is 2.03. The van der Waals surface area contributed by atoms with E-state index in [9.17, 15) is 0 Å². The number of aromatic nitrogens is 2. The van der Waals surface area contributed by atoms with Crippen LogP contribution in [0.25, 0.3) is 0 Å². The van der Waals surface area contributed by atoms with Gasteiger partial charge in [-0.3, -0.25) is 4.68 Å². The summed E-state index contributed by atoms with van der Waals surface area (Å²) in [4.78, 5) is 0. The molecule has 0 aliphatic carbocycles. The van der Waals surface area contributed by atoms with E-state index in [0.29, 0.717) is 11.4 Å². The van der Waals surface area contributed by atoms with E-state index in [-0.39, 0.29) is 0 Å². The van der Waals surface area contributed by atoms with Crippen molar-refractivity contribution in [1.29, 1.82) is 0 Å². The van der Waals surface area contributed by atoms with Gasteiger partial charge in [0.2, 0.25) is 0 Å². The van der Waals surface area contributed by atoms with E-state index in [2.05, 4.69) is 11.0 Å². The quantitative estimate of drug-likeness (QED) is 0.490. The van der Waals surface area contributed by atoms with Crippen molar-refractivity contribution in [3.05, 3.63) is 11.8 Å². The maximum atomic E-state index is 5.38. The van der Waals surface area contributed by atoms with Crippen LogP contribution in [0.3, 0.4) is 0 Å². The minimum atomic E-state index is 0.417. The molecule has 0 bridgehead atoms. The molecular weight excluding hydrogens is 114 g/mol. The highest BCUT2D eigenvalue weighted by Gasteiger charge is 1.97. The van der Waals surface area contributed by atoms with Crippen LogP contribution in [0.4, 0.5) is 5.82 Å². The summed E-state index contributed by atoms with van der Waals surface area (Å²) in [6, 6.07) is 0. The molecule has 3 heteroatoms. The van der Waals surface area contributed by atoms with Crippen molar-refractivity contribution < 1.29 is 0 Å². The van der Waals surface area contributed by atoms with Gasteiger partial charge in [0.25, 0.3) is 0 Å². The van der Waals surface area contributed by atoms with Crippen LogP contribution in [-0.4, -0.2) is 9.78 Å². The van der Waals surface area contributed by atoms with Crippen molar-refractivity contribution in [2.75, 3.05) is 5.73 Å². The van der Waals surface area contributed by atoms with Crippen LogP contribution in [0.15, 0.2) is 6.20 Å². The predicted octanol–water partition coefficient (Wildman–Crippen LogP) is -0.0164. The number of aryl methyl sites for hydroxylation is 1. The smallest absolute Gasteiger partial charge is 0.161 e. The van der Waals surface area contributed by atoms with Gasteiger partial charge in [-0.05, 0) is 0 Å². The maximum Gasteiger partial charge on any atom is 0.161 e. The van der Waals surface area contributed by atoms with E-state index in [0.717, 1.165) is 0 Å². The maximum absolute atomic E-state index is 5.38. The molecule has 0 aromatic carbocycles. The zero-order valence-electron chi connectivity index (χ0n) is 5.13. The molecule has 1 heterocycles. The molecule has 0 fully saturated rings. The predicted molar refractivity (Wildman–Crippen MR) is 35.6 cm³/mol. The van der Waals surface area contributed by atoms with Crippen LogP contribution in [0.1, 0.15) is 5.56 Å². The Kier molecular flexibility index (Phi) is 1.16. The molecule has 0 aliphatic heterocycles. The first-order valence-corrected chi connectivity index (χ1v) is 2.50. The molecule has 1 aromatic heterocycles. The Balaban J connectivity index is 3.20. The second-order valence-corrected chi connectivity index (χ2v) is 1.75. The summed E-state index contributed by atoms with van der Waals surface area (Å²) in [5.41, 5.74) is 6.03. The largest absolute Gasteiger partial charge is 0.381 e. The molecule has 1 aromatic rings. The fourth-order valence-electron chi connectivity index (χ4n) is 0.617. The third-order valence-electron chi connectivity index (χ3n) is 1.01. The average Bonchev–Trinajstić information content (AvgIpc) is 2.10. The molecule has 0 atom stereocenters. The molecule has 2 N–H and O–H groups in total. The minimum absolute atomic E-state index is 0.417. The number of terminal acetylenes is 1. The normalized spacial score (nSPS) is 8.89. The van der Waals surface area contributed by atoms with E-state index in [1.807, 2.05) is 0 Å². The van der Waals surface area contributed by atoms with Gasteiger partial charge in [-0.25, -0.2) is 0 Å². The third-order valence-corrected chi connectivity index (χ3v) is 1.01. The molecule has 9 heavy (non-hydrogen) atoms. The van der Waals surface area contributed by atoms with Crippen molar-refractivity contribution in [2.45, 2.75) is 0 Å². The molecule has 1 rings (SSSR count). The summed E-state index contributed by atoms with van der Waals surface area (Å²) in [6.45, 7) is 0. The van der Waals surface area contributed by atoms with Gasteiger partial charge in [0, 0.05) is 13.2 Å². The lowest BCUT2D eigenvalue weighted by Crippen LogP contribution is -1.90. The van der Waals surface area contributed by atoms with E-state index >= 15 is 0 Å². The van der Waals surface area contributed by atoms with Gasteiger partial charge in [-0.15, -0.1) is 6.42 Å². The Bertz CT molecular complexity index is 254. The Morgan fingerprint density at radius 3 is 2.78 bits per heavy atom. The van der Waals surface area contributed by atoms with E-state index in [1.165, 1.54) is 0 Å². The highest BCUT2D eigenvalue weighted by molar-refractivity contribution is 5.48. The van der Waals surface area contributed by atoms with Crippen LogP contribution >= 0.6 is 0 Å². The molecule has 0 unspecified atom stereocenters. The van der Waals surface area contributed by atoms with Gasteiger partial charge < -0.3 is 5.73 Å². The zero-order valence-corrected chi connectivity index (χ0v) is 5.13. The lowest BCUT2D eigenvalue weighted by molar-refractivity contribution is 0.772. The number of anilines is 1. The molecule has 0 saturated carbocycles. The summed E-state index contributed by atoms with van der Waals surface area (Å²) in [5.74, 6) is 2.82. The fourth-order valence-corrected chi connectivity index (χ4v) is 0.617. The first-order chi connectivity index (χ1) is 4.24. The van der Waals surface area contributed by atoms with Crippen molar-refractivity contribution >= 4 is 5.82 Å². The van der Waals surface area contributed by atoms with Gasteiger partial charge >= 0.3 is 0 Å². The fraction of sp³-hybridized carbons (Fsp3) is 0.167. The topological polar surface area (TPSA) is 43.8 Å². The lowest BCUT2D eigenvalue weighted by atomic mass is 10.3. The van der Waals surface area contributed by atoms with Crippen LogP contribution in [-0.2, 0) is 7.05 Å². The zero-order chi connectivity index (χ0) is 6.85. The van der Waals surface area contributed by atoms with Crippen molar-refractivity contribution in [3.63, 3.8) is 0 Å². The van der Waals surface area contributed by atoms with Gasteiger partial charge in [0.05, 0.1) is 5.56 Å². The van der Waals surface area contributed by atoms with Crippen LogP contribution in [0, 0.1) is 12.3 Å². The molecule has 0 saturated heterocycles. The summed E-state index contributed by atoms with van der Waals surface area (Å²) >= 11 is 0. The minimum Gasteiger partial charge on any atom is -0.381 e. The SMILES string of the molecule is C#Cc1cn(C)nc1N. The first kappa shape index (κ1) is 5.70. The van der Waals surface area contributed by atoms with Crippen molar-refractivity contribution in [1.82, 2.24) is 9.78 Å². The Morgan fingerprint density at radius 1 is 1.89 bits per heavy atom. The highest BCUT2D eigenvalue weighted by atomic mass is 15.3.